The van der Waals surface area contributed by atoms with Crippen molar-refractivity contribution in [2.75, 3.05) is 58.9 Å². The van der Waals surface area contributed by atoms with E-state index in [1.165, 1.54) is 0 Å². The Balaban J connectivity index is 6.73. The highest BCUT2D eigenvalue weighted by molar-refractivity contribution is 5.76. The van der Waals surface area contributed by atoms with Gasteiger partial charge in [0.25, 0.3) is 0 Å². The van der Waals surface area contributed by atoms with E-state index in [-0.39, 0.29) is 52.4 Å². The van der Waals surface area contributed by atoms with Crippen molar-refractivity contribution >= 4 is 29.8 Å². The molecule has 0 aliphatic carbocycles. The molecule has 1 unspecified atom stereocenters. The number of carbonyl (C=O) groups excluding carboxylic acids is 5. The minimum absolute atomic E-state index is 0.135. The van der Waals surface area contributed by atoms with Crippen LogP contribution in [0.5, 0.6) is 0 Å². The molecule has 304 valence electrons. The minimum atomic E-state index is -0.752. The first-order chi connectivity index (χ1) is 23.4. The predicted octanol–water partition coefficient (Wildman–Crippen LogP) is 4.10. The monoisotopic (exact) mass is 745 g/mol. The molecule has 0 amide bonds. The van der Waals surface area contributed by atoms with Crippen LogP contribution in [-0.4, -0.2) is 137 Å². The zero-order chi connectivity index (χ0) is 40.7. The third-order valence-corrected chi connectivity index (χ3v) is 6.53. The van der Waals surface area contributed by atoms with Gasteiger partial charge in [0.05, 0.1) is 32.7 Å². The van der Waals surface area contributed by atoms with Crippen LogP contribution in [0.25, 0.3) is 0 Å². The zero-order valence-electron chi connectivity index (χ0n) is 35.1. The lowest BCUT2D eigenvalue weighted by molar-refractivity contribution is -0.163. The molecule has 0 spiro atoms. The van der Waals surface area contributed by atoms with Crippen LogP contribution in [0.15, 0.2) is 0 Å². The fourth-order valence-corrected chi connectivity index (χ4v) is 5.01. The highest BCUT2D eigenvalue weighted by atomic mass is 16.6. The summed E-state index contributed by atoms with van der Waals surface area (Å²) in [4.78, 5) is 70.7. The Morgan fingerprint density at radius 3 is 1.06 bits per heavy atom. The Kier molecular flexibility index (Phi) is 20.0. The molecular weight excluding hydrogens is 672 g/mol. The lowest BCUT2D eigenvalue weighted by Crippen LogP contribution is -2.52. The van der Waals surface area contributed by atoms with Crippen LogP contribution in [0.2, 0.25) is 0 Å². The van der Waals surface area contributed by atoms with E-state index < -0.39 is 63.9 Å². The van der Waals surface area contributed by atoms with Gasteiger partial charge >= 0.3 is 29.8 Å². The number of nitrogens with zero attached hydrogens (tertiary/aromatic N) is 3. The van der Waals surface area contributed by atoms with Crippen molar-refractivity contribution in [1.29, 1.82) is 0 Å². The van der Waals surface area contributed by atoms with E-state index in [0.29, 0.717) is 25.8 Å². The van der Waals surface area contributed by atoms with Gasteiger partial charge in [-0.05, 0) is 123 Å². The van der Waals surface area contributed by atoms with Crippen LogP contribution in [0, 0.1) is 0 Å². The standard InChI is InChI=1S/C38H72N4O10/c1-34(2,3)48-29(43)23-40(20-21-41(24-30(44)49-35(4,5)6)25-31(45)50-36(7,8)9)22-28(18-16-17-19-39)42(26-32(46)51-37(10,11)12)27-33(47)52-38(13,14)15/h28H,16-27,39H2,1-15H3. The van der Waals surface area contributed by atoms with Gasteiger partial charge in [-0.25, -0.2) is 0 Å². The van der Waals surface area contributed by atoms with Crippen LogP contribution in [0.3, 0.4) is 0 Å². The van der Waals surface area contributed by atoms with Crippen LogP contribution in [0.1, 0.15) is 123 Å². The summed E-state index contributed by atoms with van der Waals surface area (Å²) in [5.41, 5.74) is 2.12. The van der Waals surface area contributed by atoms with Gasteiger partial charge in [-0.1, -0.05) is 6.42 Å². The number of ether oxygens (including phenoxy) is 5. The molecule has 0 aromatic rings. The summed E-state index contributed by atoms with van der Waals surface area (Å²) >= 11 is 0. The van der Waals surface area contributed by atoms with E-state index in [1.807, 2.05) is 4.90 Å². The topological polar surface area (TPSA) is 167 Å². The lowest BCUT2D eigenvalue weighted by Gasteiger charge is -2.36. The molecule has 0 heterocycles. The molecule has 0 aromatic carbocycles. The van der Waals surface area contributed by atoms with E-state index in [9.17, 15) is 24.0 Å². The van der Waals surface area contributed by atoms with Gasteiger partial charge in [-0.15, -0.1) is 0 Å². The molecule has 0 saturated carbocycles. The van der Waals surface area contributed by atoms with Gasteiger partial charge in [-0.2, -0.15) is 0 Å². The number of esters is 5. The summed E-state index contributed by atoms with van der Waals surface area (Å²) in [6, 6.07) is -0.431. The summed E-state index contributed by atoms with van der Waals surface area (Å²) in [5.74, 6) is -2.55. The Morgan fingerprint density at radius 1 is 0.462 bits per heavy atom. The zero-order valence-corrected chi connectivity index (χ0v) is 35.1. The van der Waals surface area contributed by atoms with Crippen molar-refractivity contribution in [3.05, 3.63) is 0 Å². The lowest BCUT2D eigenvalue weighted by atomic mass is 10.1. The molecule has 2 N–H and O–H groups in total. The number of nitrogens with two attached hydrogens (primary N) is 1. The molecule has 0 saturated heterocycles. The van der Waals surface area contributed by atoms with Crippen molar-refractivity contribution in [2.45, 2.75) is 157 Å². The minimum Gasteiger partial charge on any atom is -0.459 e. The molecule has 52 heavy (non-hydrogen) atoms. The second kappa shape index (κ2) is 21.2. The van der Waals surface area contributed by atoms with Crippen LogP contribution >= 0.6 is 0 Å². The van der Waals surface area contributed by atoms with Crippen LogP contribution in [-0.2, 0) is 47.7 Å². The maximum absolute atomic E-state index is 13.3. The molecule has 0 aliphatic heterocycles. The molecule has 0 aliphatic rings. The largest absolute Gasteiger partial charge is 0.459 e. The molecular formula is C38H72N4O10. The average Bonchev–Trinajstić information content (AvgIpc) is 2.85. The quantitative estimate of drug-likeness (QED) is 0.108. The van der Waals surface area contributed by atoms with Gasteiger partial charge in [-0.3, -0.25) is 38.7 Å². The SMILES string of the molecule is CC(C)(C)OC(=O)CN(CCN(CC(=O)OC(C)(C)C)CC(CCCCN)N(CC(=O)OC(C)(C)C)CC(=O)OC(C)(C)C)CC(=O)OC(C)(C)C. The Bertz CT molecular complexity index is 1080. The fraction of sp³-hybridized carbons (Fsp3) is 0.868. The number of hydrogen-bond donors (Lipinski definition) is 1. The van der Waals surface area contributed by atoms with E-state index in [1.54, 1.807) is 114 Å². The summed E-state index contributed by atoms with van der Waals surface area (Å²) in [6.07, 6.45) is 1.92. The third kappa shape index (κ3) is 27.8. The van der Waals surface area contributed by atoms with Crippen molar-refractivity contribution in [2.24, 2.45) is 5.73 Å². The normalized spacial score (nSPS) is 13.6. The fourth-order valence-electron chi connectivity index (χ4n) is 5.01. The Labute approximate surface area is 313 Å². The number of carbonyl (C=O) groups is 5. The maximum atomic E-state index is 13.3. The van der Waals surface area contributed by atoms with E-state index in [4.69, 9.17) is 29.4 Å². The van der Waals surface area contributed by atoms with E-state index in [0.717, 1.165) is 0 Å². The van der Waals surface area contributed by atoms with Crippen molar-refractivity contribution < 1.29 is 47.7 Å². The second-order valence-electron chi connectivity index (χ2n) is 18.2. The number of hydrogen-bond acceptors (Lipinski definition) is 14. The van der Waals surface area contributed by atoms with Gasteiger partial charge in [0.15, 0.2) is 0 Å². The van der Waals surface area contributed by atoms with Gasteiger partial charge < -0.3 is 29.4 Å². The van der Waals surface area contributed by atoms with Crippen molar-refractivity contribution in [3.8, 4) is 0 Å². The second-order valence-corrected chi connectivity index (χ2v) is 18.2. The molecule has 0 radical (unpaired) electrons. The molecule has 14 nitrogen and oxygen atoms in total. The number of unbranched alkanes of at least 4 members (excludes halogenated alkanes) is 1. The van der Waals surface area contributed by atoms with Gasteiger partial charge in [0.2, 0.25) is 0 Å². The average molecular weight is 745 g/mol. The maximum Gasteiger partial charge on any atom is 0.320 e. The summed E-state index contributed by atoms with van der Waals surface area (Å²) in [6.45, 7) is 26.6. The summed E-state index contributed by atoms with van der Waals surface area (Å²) in [5, 5.41) is 0. The highest BCUT2D eigenvalue weighted by Crippen LogP contribution is 2.17. The van der Waals surface area contributed by atoms with Crippen LogP contribution in [0.4, 0.5) is 0 Å². The molecule has 14 heteroatoms. The molecule has 0 aromatic heterocycles. The predicted molar refractivity (Wildman–Crippen MR) is 200 cm³/mol. The molecule has 0 bridgehead atoms. The highest BCUT2D eigenvalue weighted by Gasteiger charge is 2.31. The number of rotatable bonds is 20. The Morgan fingerprint density at radius 2 is 0.750 bits per heavy atom. The van der Waals surface area contributed by atoms with Gasteiger partial charge in [0, 0.05) is 25.7 Å². The first kappa shape index (κ1) is 49.2. The third-order valence-electron chi connectivity index (χ3n) is 6.53. The first-order valence-electron chi connectivity index (χ1n) is 18.3. The summed E-state index contributed by atoms with van der Waals surface area (Å²) in [7, 11) is 0. The first-order valence-corrected chi connectivity index (χ1v) is 18.3. The molecule has 0 fully saturated rings. The van der Waals surface area contributed by atoms with Gasteiger partial charge in [0.1, 0.15) is 28.0 Å². The molecule has 0 rings (SSSR count). The molecule has 1 atom stereocenters. The van der Waals surface area contributed by atoms with E-state index >= 15 is 0 Å². The van der Waals surface area contributed by atoms with Crippen LogP contribution < -0.4 is 5.73 Å². The summed E-state index contributed by atoms with van der Waals surface area (Å²) < 4.78 is 28.0. The van der Waals surface area contributed by atoms with Crippen molar-refractivity contribution in [1.82, 2.24) is 14.7 Å². The Hall–Kier alpha value is -2.81. The van der Waals surface area contributed by atoms with E-state index in [2.05, 4.69) is 0 Å². The smallest absolute Gasteiger partial charge is 0.320 e. The van der Waals surface area contributed by atoms with Crippen molar-refractivity contribution in [3.63, 3.8) is 0 Å².